The number of amides is 1. The van der Waals surface area contributed by atoms with Crippen LogP contribution in [0.5, 0.6) is 0 Å². The fourth-order valence-corrected chi connectivity index (χ4v) is 2.07. The summed E-state index contributed by atoms with van der Waals surface area (Å²) in [5.41, 5.74) is 0. The number of nitrogens with zero attached hydrogens (tertiary/aromatic N) is 1. The van der Waals surface area contributed by atoms with Gasteiger partial charge in [0, 0.05) is 26.2 Å². The van der Waals surface area contributed by atoms with E-state index < -0.39 is 0 Å². The van der Waals surface area contributed by atoms with E-state index in [2.05, 4.69) is 29.4 Å². The summed E-state index contributed by atoms with van der Waals surface area (Å²) >= 11 is 0. The Hall–Kier alpha value is -0.650. The van der Waals surface area contributed by atoms with Gasteiger partial charge in [-0.2, -0.15) is 0 Å². The van der Waals surface area contributed by atoms with Gasteiger partial charge in [0.15, 0.2) is 0 Å². The topological polar surface area (TPSA) is 53.6 Å². The van der Waals surface area contributed by atoms with Crippen molar-refractivity contribution in [1.82, 2.24) is 15.5 Å². The molecule has 106 valence electrons. The minimum absolute atomic E-state index is 0.0602. The first-order valence-corrected chi connectivity index (χ1v) is 7.07. The Bertz CT molecular complexity index is 226. The number of nitrogens with one attached hydrogen (secondary N) is 2. The predicted octanol–water partition coefficient (Wildman–Crippen LogP) is 0.213. The molecule has 0 radical (unpaired) electrons. The van der Waals surface area contributed by atoms with Crippen molar-refractivity contribution in [2.45, 2.75) is 32.8 Å². The summed E-state index contributed by atoms with van der Waals surface area (Å²) in [4.78, 5) is 13.9. The number of rotatable bonds is 9. The molecule has 0 aromatic rings. The van der Waals surface area contributed by atoms with Crippen molar-refractivity contribution in [3.63, 3.8) is 0 Å². The third kappa shape index (κ3) is 6.33. The molecular weight excluding hydrogens is 230 g/mol. The van der Waals surface area contributed by atoms with E-state index >= 15 is 0 Å². The predicted molar refractivity (Wildman–Crippen MR) is 72.6 cm³/mol. The molecule has 0 aliphatic carbocycles. The third-order valence-electron chi connectivity index (χ3n) is 3.34. The Labute approximate surface area is 110 Å². The third-order valence-corrected chi connectivity index (χ3v) is 3.34. The van der Waals surface area contributed by atoms with Crippen LogP contribution in [0.4, 0.5) is 0 Å². The fourth-order valence-electron chi connectivity index (χ4n) is 2.07. The Morgan fingerprint density at radius 2 is 2.17 bits per heavy atom. The Kier molecular flexibility index (Phi) is 7.96. The maximum absolute atomic E-state index is 11.5. The van der Waals surface area contributed by atoms with Gasteiger partial charge < -0.3 is 20.3 Å². The molecular formula is C13H27N3O2. The lowest BCUT2D eigenvalue weighted by atomic mass is 10.2. The van der Waals surface area contributed by atoms with Gasteiger partial charge in [-0.3, -0.25) is 4.79 Å². The van der Waals surface area contributed by atoms with Crippen LogP contribution in [-0.4, -0.2) is 62.8 Å². The molecule has 0 spiro atoms. The minimum atomic E-state index is 0.0602. The summed E-state index contributed by atoms with van der Waals surface area (Å²) in [6, 6.07) is 0. The molecule has 1 amide bonds. The molecule has 0 bridgehead atoms. The number of hydrogen-bond acceptors (Lipinski definition) is 4. The van der Waals surface area contributed by atoms with E-state index in [-0.39, 0.29) is 12.0 Å². The second-order valence-electron chi connectivity index (χ2n) is 4.64. The molecule has 5 heteroatoms. The van der Waals surface area contributed by atoms with E-state index in [9.17, 15) is 4.79 Å². The zero-order chi connectivity index (χ0) is 13.2. The first-order valence-electron chi connectivity index (χ1n) is 7.07. The highest BCUT2D eigenvalue weighted by atomic mass is 16.5. The molecule has 5 nitrogen and oxygen atoms in total. The SMILES string of the molecule is CCN(CC)CCNCC(=O)NCC1CCCO1. The molecule has 1 fully saturated rings. The normalized spacial score (nSPS) is 19.4. The molecule has 1 saturated heterocycles. The van der Waals surface area contributed by atoms with Crippen molar-refractivity contribution < 1.29 is 9.53 Å². The second kappa shape index (κ2) is 9.30. The molecule has 0 saturated carbocycles. The monoisotopic (exact) mass is 257 g/mol. The van der Waals surface area contributed by atoms with Gasteiger partial charge in [0.25, 0.3) is 0 Å². The molecule has 0 aromatic carbocycles. The summed E-state index contributed by atoms with van der Waals surface area (Å²) in [5.74, 6) is 0.0602. The van der Waals surface area contributed by atoms with Gasteiger partial charge in [0.1, 0.15) is 0 Å². The summed E-state index contributed by atoms with van der Waals surface area (Å²) in [6.45, 7) is 10.1. The van der Waals surface area contributed by atoms with Crippen LogP contribution in [0.1, 0.15) is 26.7 Å². The Balaban J connectivity index is 1.96. The van der Waals surface area contributed by atoms with Crippen molar-refractivity contribution in [3.05, 3.63) is 0 Å². The largest absolute Gasteiger partial charge is 0.376 e. The van der Waals surface area contributed by atoms with Crippen LogP contribution in [0.25, 0.3) is 0 Å². The minimum Gasteiger partial charge on any atom is -0.376 e. The highest BCUT2D eigenvalue weighted by Crippen LogP contribution is 2.10. The quantitative estimate of drug-likeness (QED) is 0.580. The van der Waals surface area contributed by atoms with Crippen LogP contribution in [0, 0.1) is 0 Å². The number of ether oxygens (including phenoxy) is 1. The average Bonchev–Trinajstić information content (AvgIpc) is 2.90. The van der Waals surface area contributed by atoms with E-state index in [1.165, 1.54) is 0 Å². The lowest BCUT2D eigenvalue weighted by Gasteiger charge is -2.18. The molecule has 1 heterocycles. The van der Waals surface area contributed by atoms with Crippen molar-refractivity contribution in [2.24, 2.45) is 0 Å². The van der Waals surface area contributed by atoms with Gasteiger partial charge in [-0.1, -0.05) is 13.8 Å². The lowest BCUT2D eigenvalue weighted by molar-refractivity contribution is -0.120. The first-order chi connectivity index (χ1) is 8.76. The molecule has 1 rings (SSSR count). The fraction of sp³-hybridized carbons (Fsp3) is 0.923. The number of hydrogen-bond donors (Lipinski definition) is 2. The number of carbonyl (C=O) groups is 1. The molecule has 2 N–H and O–H groups in total. The van der Waals surface area contributed by atoms with Gasteiger partial charge in [-0.05, 0) is 25.9 Å². The summed E-state index contributed by atoms with van der Waals surface area (Å²) in [5, 5.41) is 6.07. The maximum atomic E-state index is 11.5. The van der Waals surface area contributed by atoms with Gasteiger partial charge in [-0.25, -0.2) is 0 Å². The summed E-state index contributed by atoms with van der Waals surface area (Å²) in [6.07, 6.45) is 2.41. The van der Waals surface area contributed by atoms with Crippen LogP contribution in [0.3, 0.4) is 0 Å². The van der Waals surface area contributed by atoms with Crippen molar-refractivity contribution >= 4 is 5.91 Å². The first kappa shape index (κ1) is 15.4. The van der Waals surface area contributed by atoms with Crippen LogP contribution < -0.4 is 10.6 Å². The van der Waals surface area contributed by atoms with Crippen molar-refractivity contribution in [2.75, 3.05) is 45.9 Å². The molecule has 0 aromatic heterocycles. The molecule has 1 aliphatic heterocycles. The molecule has 1 aliphatic rings. The van der Waals surface area contributed by atoms with E-state index in [0.29, 0.717) is 13.1 Å². The summed E-state index contributed by atoms with van der Waals surface area (Å²) < 4.78 is 5.45. The zero-order valence-electron chi connectivity index (χ0n) is 11.7. The highest BCUT2D eigenvalue weighted by Gasteiger charge is 2.15. The van der Waals surface area contributed by atoms with Crippen LogP contribution >= 0.6 is 0 Å². The second-order valence-corrected chi connectivity index (χ2v) is 4.64. The van der Waals surface area contributed by atoms with Gasteiger partial charge in [0.05, 0.1) is 12.6 Å². The van der Waals surface area contributed by atoms with E-state index in [1.807, 2.05) is 0 Å². The standard InChI is InChI=1S/C13H27N3O2/c1-3-16(4-2)8-7-14-11-13(17)15-10-12-6-5-9-18-12/h12,14H,3-11H2,1-2H3,(H,15,17). The molecule has 18 heavy (non-hydrogen) atoms. The Morgan fingerprint density at radius 1 is 1.39 bits per heavy atom. The zero-order valence-corrected chi connectivity index (χ0v) is 11.7. The maximum Gasteiger partial charge on any atom is 0.234 e. The van der Waals surface area contributed by atoms with E-state index in [1.54, 1.807) is 0 Å². The van der Waals surface area contributed by atoms with Crippen molar-refractivity contribution in [1.29, 1.82) is 0 Å². The van der Waals surface area contributed by atoms with Crippen LogP contribution in [0.15, 0.2) is 0 Å². The van der Waals surface area contributed by atoms with Gasteiger partial charge in [-0.15, -0.1) is 0 Å². The highest BCUT2D eigenvalue weighted by molar-refractivity contribution is 5.77. The Morgan fingerprint density at radius 3 is 2.78 bits per heavy atom. The number of carbonyl (C=O) groups excluding carboxylic acids is 1. The van der Waals surface area contributed by atoms with E-state index in [4.69, 9.17) is 4.74 Å². The number of likely N-dealkylation sites (N-methyl/N-ethyl adjacent to an activating group) is 1. The van der Waals surface area contributed by atoms with Crippen LogP contribution in [-0.2, 0) is 9.53 Å². The molecule has 1 atom stereocenters. The molecule has 1 unspecified atom stereocenters. The summed E-state index contributed by atoms with van der Waals surface area (Å²) in [7, 11) is 0. The smallest absolute Gasteiger partial charge is 0.234 e. The van der Waals surface area contributed by atoms with Crippen molar-refractivity contribution in [3.8, 4) is 0 Å². The average molecular weight is 257 g/mol. The van der Waals surface area contributed by atoms with E-state index in [0.717, 1.165) is 45.6 Å². The lowest BCUT2D eigenvalue weighted by Crippen LogP contribution is -2.40. The van der Waals surface area contributed by atoms with Crippen LogP contribution in [0.2, 0.25) is 0 Å². The van der Waals surface area contributed by atoms with Gasteiger partial charge >= 0.3 is 0 Å². The van der Waals surface area contributed by atoms with Gasteiger partial charge in [0.2, 0.25) is 5.91 Å².